The average Bonchev–Trinajstić information content (AvgIpc) is 1.54. The van der Waals surface area contributed by atoms with Gasteiger partial charge in [0.1, 0.15) is 28.8 Å². The fraction of sp³-hybridized carbons (Fsp3) is 0.0190. The number of hydrogen-bond donors (Lipinski definition) is 0. The second kappa shape index (κ2) is 24.9. The highest BCUT2D eigenvalue weighted by Gasteiger charge is 2.54. The molecule has 0 unspecified atom stereocenters. The summed E-state index contributed by atoms with van der Waals surface area (Å²) in [5.41, 5.74) is 25.9. The number of fused-ring (bicyclic) bond motifs is 28. The van der Waals surface area contributed by atoms with Crippen molar-refractivity contribution in [2.45, 2.75) is 10.8 Å². The summed E-state index contributed by atoms with van der Waals surface area (Å²) in [4.78, 5) is 9.98. The van der Waals surface area contributed by atoms with E-state index in [0.29, 0.717) is 0 Å². The van der Waals surface area contributed by atoms with Crippen LogP contribution in [0.25, 0.3) is 103 Å². The highest BCUT2D eigenvalue weighted by atomic mass is 32.1. The van der Waals surface area contributed by atoms with E-state index < -0.39 is 10.8 Å². The number of anilines is 6. The summed E-state index contributed by atoms with van der Waals surface area (Å²) >= 11 is 1.85. The fourth-order valence-corrected chi connectivity index (χ4v) is 20.8. The molecular weight excluding hydrogens is 1410 g/mol. The lowest BCUT2D eigenvalue weighted by Gasteiger charge is -2.48. The molecule has 0 amide bonds. The Morgan fingerprint density at radius 1 is 0.246 bits per heavy atom. The molecule has 0 atom stereocenters. The molecule has 21 aromatic rings. The number of hydrogen-bond acceptors (Lipinski definition) is 6. The maximum Gasteiger partial charge on any atom is 0.145 e. The first-order valence-electron chi connectivity index (χ1n) is 38.9. The first-order chi connectivity index (χ1) is 56.6. The van der Waals surface area contributed by atoms with Crippen LogP contribution in [0.2, 0.25) is 0 Å². The van der Waals surface area contributed by atoms with E-state index in [1.165, 1.54) is 59.2 Å². The number of para-hydroxylation sites is 13. The van der Waals surface area contributed by atoms with Crippen molar-refractivity contribution in [1.82, 2.24) is 18.7 Å². The number of nitrogens with zero attached hydrogens (tertiary/aromatic N) is 6. The fourth-order valence-electron chi connectivity index (χ4n) is 19.7. The smallest absolute Gasteiger partial charge is 0.145 e. The molecule has 0 saturated heterocycles. The Bertz CT molecular complexity index is 7430. The van der Waals surface area contributed by atoms with E-state index >= 15 is 0 Å². The molecule has 25 rings (SSSR count). The van der Waals surface area contributed by atoms with Crippen LogP contribution in [-0.2, 0) is 10.8 Å². The Hall–Kier alpha value is -14.8. The molecule has 2 spiro atoms. The Morgan fingerprint density at radius 2 is 0.623 bits per heavy atom. The van der Waals surface area contributed by atoms with Crippen molar-refractivity contribution >= 4 is 120 Å². The number of thiophene rings is 1. The van der Waals surface area contributed by atoms with Gasteiger partial charge in [-0.05, 0) is 180 Å². The van der Waals surface area contributed by atoms with Crippen LogP contribution in [0.3, 0.4) is 0 Å². The molecule has 4 aliphatic rings. The number of aromatic nitrogens is 4. The maximum absolute atomic E-state index is 7.24. The molecule has 0 fully saturated rings. The van der Waals surface area contributed by atoms with Crippen LogP contribution in [0, 0.1) is 0 Å². The van der Waals surface area contributed by atoms with Gasteiger partial charge in [0, 0.05) is 87.2 Å². The molecule has 0 aliphatic carbocycles. The standard InChI is InChI=1S/C56H36N4O.C49H30N2OS/c1-3-17-38(18-4-1)59-48-27-13-8-22-42(48)56(43-23-9-14-28-49(43)59)44-24-10-16-30-52(44)61-54-45(56)35-36-51-53(54)41-21-7-12-26-47(41)58(51)40-33-31-37(32-34-40)55-57-46-25-11-15-29-50(46)60(55)39-19-5-2-6-20-39;1-2-14-31(15-3-1)50-41-22-10-6-18-36(41)49(37-19-7-11-23-42(37)50)38-20-8-12-24-44(38)52-48-39(49)27-28-43-47(48)34-17-4-9-21-40(34)51(43)32-26-29-46-35(30-32)33-16-5-13-25-45(33)53-46/h1-36H;1-30H. The zero-order valence-electron chi connectivity index (χ0n) is 61.5. The number of ether oxygens (including phenoxy) is 2. The molecule has 534 valence electrons. The Morgan fingerprint density at radius 3 is 1.13 bits per heavy atom. The van der Waals surface area contributed by atoms with Crippen LogP contribution in [-0.4, -0.2) is 18.7 Å². The van der Waals surface area contributed by atoms with Gasteiger partial charge in [0.25, 0.3) is 0 Å². The van der Waals surface area contributed by atoms with E-state index in [4.69, 9.17) is 14.5 Å². The van der Waals surface area contributed by atoms with Gasteiger partial charge in [-0.1, -0.05) is 243 Å². The summed E-state index contributed by atoms with van der Waals surface area (Å²) in [6.45, 7) is 0. The average molecular weight is 1480 g/mol. The second-order valence-electron chi connectivity index (χ2n) is 29.9. The predicted octanol–water partition coefficient (Wildman–Crippen LogP) is 27.5. The van der Waals surface area contributed by atoms with Gasteiger partial charge in [0.2, 0.25) is 0 Å². The van der Waals surface area contributed by atoms with E-state index in [0.717, 1.165) is 146 Å². The molecule has 114 heavy (non-hydrogen) atoms. The van der Waals surface area contributed by atoms with Crippen LogP contribution in [0.5, 0.6) is 23.0 Å². The van der Waals surface area contributed by atoms with Crippen molar-refractivity contribution in [3.63, 3.8) is 0 Å². The van der Waals surface area contributed by atoms with Crippen molar-refractivity contribution in [3.8, 4) is 51.4 Å². The SMILES string of the molecule is c1ccc(N2c3ccccc3C3(c4ccccc4Oc4c3ccc3c4c4ccccc4n3-c3ccc(-c4nc5ccccc5n4-c4ccccc4)cc3)c3ccccc32)cc1.c1ccc(N2c3ccccc3C3(c4ccccc4Oc4c3ccc3c4c4ccccc4n3-c3ccc4sc5ccccc5c4c3)c3ccccc32)cc1. The molecule has 0 saturated carbocycles. The van der Waals surface area contributed by atoms with Gasteiger partial charge < -0.3 is 28.4 Å². The van der Waals surface area contributed by atoms with E-state index in [1.54, 1.807) is 0 Å². The quantitative estimate of drug-likeness (QED) is 0.166. The van der Waals surface area contributed by atoms with Crippen LogP contribution in [0.15, 0.2) is 400 Å². The highest BCUT2D eigenvalue weighted by molar-refractivity contribution is 7.25. The summed E-state index contributed by atoms with van der Waals surface area (Å²) in [6.07, 6.45) is 0. The highest BCUT2D eigenvalue weighted by Crippen LogP contribution is 2.67. The molecule has 17 aromatic carbocycles. The summed E-state index contributed by atoms with van der Waals surface area (Å²) in [6, 6.07) is 145. The molecule has 0 bridgehead atoms. The van der Waals surface area contributed by atoms with Gasteiger partial charge in [0.05, 0.1) is 77.5 Å². The van der Waals surface area contributed by atoms with Gasteiger partial charge >= 0.3 is 0 Å². The molecule has 4 aromatic heterocycles. The Labute approximate surface area is 661 Å². The Balaban J connectivity index is 0.000000133. The maximum atomic E-state index is 7.24. The van der Waals surface area contributed by atoms with Gasteiger partial charge in [-0.2, -0.15) is 0 Å². The number of benzene rings is 17. The minimum absolute atomic E-state index is 0.630. The van der Waals surface area contributed by atoms with E-state index in [2.05, 4.69) is 418 Å². The summed E-state index contributed by atoms with van der Waals surface area (Å²) in [5, 5.41) is 7.12. The number of rotatable bonds is 6. The zero-order valence-corrected chi connectivity index (χ0v) is 62.3. The minimum atomic E-state index is -0.661. The first-order valence-corrected chi connectivity index (χ1v) is 39.7. The largest absolute Gasteiger partial charge is 0.456 e. The summed E-state index contributed by atoms with van der Waals surface area (Å²) in [7, 11) is 0. The molecule has 0 N–H and O–H groups in total. The molecule has 8 nitrogen and oxygen atoms in total. The van der Waals surface area contributed by atoms with Crippen molar-refractivity contribution in [1.29, 1.82) is 0 Å². The minimum Gasteiger partial charge on any atom is -0.456 e. The number of imidazole rings is 1. The van der Waals surface area contributed by atoms with Gasteiger partial charge in [0.15, 0.2) is 0 Å². The van der Waals surface area contributed by atoms with Crippen LogP contribution in [0.4, 0.5) is 34.1 Å². The lowest BCUT2D eigenvalue weighted by molar-refractivity contribution is 0.439. The topological polar surface area (TPSA) is 52.6 Å². The molecule has 8 heterocycles. The normalized spacial score (nSPS) is 13.7. The zero-order chi connectivity index (χ0) is 74.7. The van der Waals surface area contributed by atoms with Crippen molar-refractivity contribution < 1.29 is 9.47 Å². The summed E-state index contributed by atoms with van der Waals surface area (Å²) < 4.78 is 24.1. The van der Waals surface area contributed by atoms with E-state index in [-0.39, 0.29) is 0 Å². The molecule has 0 radical (unpaired) electrons. The van der Waals surface area contributed by atoms with Gasteiger partial charge in [-0.15, -0.1) is 11.3 Å². The van der Waals surface area contributed by atoms with Crippen molar-refractivity contribution in [2.24, 2.45) is 0 Å². The van der Waals surface area contributed by atoms with E-state index in [1.807, 2.05) is 17.4 Å². The van der Waals surface area contributed by atoms with Gasteiger partial charge in [-0.25, -0.2) is 4.98 Å². The van der Waals surface area contributed by atoms with E-state index in [9.17, 15) is 0 Å². The third kappa shape index (κ3) is 9.00. The van der Waals surface area contributed by atoms with Crippen molar-refractivity contribution in [2.75, 3.05) is 9.80 Å². The lowest BCUT2D eigenvalue weighted by atomic mass is 9.61. The Kier molecular flexibility index (Phi) is 14.0. The molecular formula is C105H66N6O2S. The second-order valence-corrected chi connectivity index (χ2v) is 31.0. The third-order valence-corrected chi connectivity index (χ3v) is 25.3. The van der Waals surface area contributed by atoms with Gasteiger partial charge in [-0.3, -0.25) is 4.57 Å². The predicted molar refractivity (Wildman–Crippen MR) is 468 cm³/mol. The lowest BCUT2D eigenvalue weighted by Crippen LogP contribution is -2.39. The van der Waals surface area contributed by atoms with Crippen LogP contribution >= 0.6 is 11.3 Å². The monoisotopic (exact) mass is 1470 g/mol. The third-order valence-electron chi connectivity index (χ3n) is 24.2. The molecule has 4 aliphatic heterocycles. The van der Waals surface area contributed by atoms with Crippen LogP contribution < -0.4 is 19.3 Å². The molecule has 9 heteroatoms. The summed E-state index contributed by atoms with van der Waals surface area (Å²) in [5.74, 6) is 4.45. The first kappa shape index (κ1) is 64.1. The van der Waals surface area contributed by atoms with Crippen LogP contribution in [0.1, 0.15) is 44.5 Å². The van der Waals surface area contributed by atoms with Crippen molar-refractivity contribution in [3.05, 3.63) is 445 Å².